The topological polar surface area (TPSA) is 77.4 Å². The molecule has 0 radical (unpaired) electrons. The van der Waals surface area contributed by atoms with Crippen LogP contribution in [-0.4, -0.2) is 36.5 Å². The van der Waals surface area contributed by atoms with Crippen LogP contribution in [0.25, 0.3) is 0 Å². The van der Waals surface area contributed by atoms with E-state index in [1.165, 1.54) is 6.20 Å². The van der Waals surface area contributed by atoms with Crippen molar-refractivity contribution in [2.45, 2.75) is 6.42 Å². The first kappa shape index (κ1) is 13.1. The van der Waals surface area contributed by atoms with Gasteiger partial charge in [0.1, 0.15) is 6.54 Å². The van der Waals surface area contributed by atoms with Gasteiger partial charge in [0, 0.05) is 6.42 Å². The van der Waals surface area contributed by atoms with E-state index in [4.69, 9.17) is 4.55 Å². The van der Waals surface area contributed by atoms with E-state index in [0.29, 0.717) is 0 Å². The molecule has 5 nitrogen and oxygen atoms in total. The molecule has 0 spiro atoms. The summed E-state index contributed by atoms with van der Waals surface area (Å²) in [6.45, 7) is 3.99. The summed E-state index contributed by atoms with van der Waals surface area (Å²) in [5, 5.41) is 12.0. The van der Waals surface area contributed by atoms with Gasteiger partial charge in [-0.25, -0.2) is 0 Å². The smallest absolute Gasteiger partial charge is 0.265 e. The summed E-state index contributed by atoms with van der Waals surface area (Å²) >= 11 is 0. The summed E-state index contributed by atoms with van der Waals surface area (Å²) in [5.74, 6) is -0.374. The van der Waals surface area contributed by atoms with Gasteiger partial charge >= 0.3 is 0 Å². The monoisotopic (exact) mass is 245 g/mol. The fraction of sp³-hybridized carbons (Fsp3) is 0.400. The molecule has 0 bridgehead atoms. The fourth-order valence-corrected chi connectivity index (χ4v) is 1.94. The van der Waals surface area contributed by atoms with Gasteiger partial charge in [0.15, 0.2) is 0 Å². The molecule has 1 aliphatic heterocycles. The molecule has 1 rings (SSSR count). The van der Waals surface area contributed by atoms with Crippen molar-refractivity contribution in [2.75, 3.05) is 18.8 Å². The molecule has 0 saturated heterocycles. The summed E-state index contributed by atoms with van der Waals surface area (Å²) in [4.78, 5) is 0. The van der Waals surface area contributed by atoms with Crippen LogP contribution in [0.2, 0.25) is 0 Å². The largest absolute Gasteiger partial charge is 0.628 e. The van der Waals surface area contributed by atoms with Crippen LogP contribution in [-0.2, 0) is 10.1 Å². The van der Waals surface area contributed by atoms with Crippen molar-refractivity contribution in [1.29, 1.82) is 0 Å². The molecule has 0 aromatic carbocycles. The van der Waals surface area contributed by atoms with Gasteiger partial charge in [-0.3, -0.25) is 4.55 Å². The lowest BCUT2D eigenvalue weighted by atomic mass is 10.2. The van der Waals surface area contributed by atoms with Gasteiger partial charge < -0.3 is 9.85 Å². The van der Waals surface area contributed by atoms with E-state index in [-0.39, 0.29) is 25.3 Å². The minimum atomic E-state index is -3.97. The average Bonchev–Trinajstić information content (AvgIpc) is 2.17. The highest BCUT2D eigenvalue weighted by molar-refractivity contribution is 7.85. The van der Waals surface area contributed by atoms with E-state index in [9.17, 15) is 13.6 Å². The van der Waals surface area contributed by atoms with Crippen LogP contribution in [0.3, 0.4) is 0 Å². The number of rotatable bonds is 5. The van der Waals surface area contributed by atoms with Crippen LogP contribution in [0.5, 0.6) is 0 Å². The van der Waals surface area contributed by atoms with Crippen molar-refractivity contribution >= 4 is 10.1 Å². The maximum Gasteiger partial charge on any atom is 0.265 e. The molecule has 16 heavy (non-hydrogen) atoms. The maximum absolute atomic E-state index is 12.0. The number of hydroxylamine groups is 3. The predicted molar refractivity (Wildman–Crippen MR) is 61.8 cm³/mol. The van der Waals surface area contributed by atoms with Crippen molar-refractivity contribution < 1.29 is 17.6 Å². The quantitative estimate of drug-likeness (QED) is 0.449. The van der Waals surface area contributed by atoms with E-state index < -0.39 is 14.8 Å². The standard InChI is InChI=1S/C10H15NO4S/c1-2-10-4-7-11(12,8-5-10)6-3-9-16(13,14)15/h2,4-5,7H,1,3,6,8-9H2,(H,13,14,15). The molecular weight excluding hydrogens is 230 g/mol. The Balaban J connectivity index is 2.47. The molecule has 0 fully saturated rings. The van der Waals surface area contributed by atoms with Gasteiger partial charge in [-0.2, -0.15) is 8.42 Å². The number of quaternary nitrogens is 1. The zero-order valence-electron chi connectivity index (χ0n) is 8.87. The normalized spacial score (nSPS) is 25.2. The molecule has 6 heteroatoms. The third-order valence-electron chi connectivity index (χ3n) is 2.35. The third-order valence-corrected chi connectivity index (χ3v) is 3.15. The lowest BCUT2D eigenvalue weighted by Gasteiger charge is -2.39. The lowest BCUT2D eigenvalue weighted by Crippen LogP contribution is -2.39. The SMILES string of the molecule is C=CC1=CC[N+]([O-])(CCCS(=O)(=O)O)C=C1. The first-order chi connectivity index (χ1) is 7.35. The summed E-state index contributed by atoms with van der Waals surface area (Å²) in [6, 6.07) is 0. The summed E-state index contributed by atoms with van der Waals surface area (Å²) in [5.41, 5.74) is 0.888. The van der Waals surface area contributed by atoms with E-state index in [1.807, 2.05) is 0 Å². The van der Waals surface area contributed by atoms with Crippen LogP contribution in [0.4, 0.5) is 0 Å². The minimum Gasteiger partial charge on any atom is -0.628 e. The highest BCUT2D eigenvalue weighted by atomic mass is 32.2. The molecule has 1 heterocycles. The Morgan fingerprint density at radius 3 is 2.75 bits per heavy atom. The van der Waals surface area contributed by atoms with Gasteiger partial charge in [0.25, 0.3) is 10.1 Å². The number of hydrogen-bond acceptors (Lipinski definition) is 3. The average molecular weight is 245 g/mol. The first-order valence-corrected chi connectivity index (χ1v) is 6.50. The summed E-state index contributed by atoms with van der Waals surface area (Å²) < 4.78 is 28.9. The Morgan fingerprint density at radius 1 is 1.62 bits per heavy atom. The van der Waals surface area contributed by atoms with Gasteiger partial charge in [-0.15, -0.1) is 0 Å². The molecule has 90 valence electrons. The molecule has 1 aliphatic rings. The van der Waals surface area contributed by atoms with Gasteiger partial charge in [-0.05, 0) is 17.7 Å². The predicted octanol–water partition coefficient (Wildman–Crippen LogP) is 1.22. The fourth-order valence-electron chi connectivity index (χ4n) is 1.44. The second-order valence-corrected chi connectivity index (χ2v) is 5.29. The number of nitrogens with zero attached hydrogens (tertiary/aromatic N) is 1. The molecule has 0 amide bonds. The van der Waals surface area contributed by atoms with Crippen molar-refractivity contribution in [3.8, 4) is 0 Å². The molecular formula is C10H15NO4S. The van der Waals surface area contributed by atoms with Crippen molar-refractivity contribution in [3.63, 3.8) is 0 Å². The van der Waals surface area contributed by atoms with Gasteiger partial charge in [-0.1, -0.05) is 12.7 Å². The first-order valence-electron chi connectivity index (χ1n) is 4.89. The molecule has 0 aromatic heterocycles. The summed E-state index contributed by atoms with van der Waals surface area (Å²) in [7, 11) is -3.97. The zero-order valence-corrected chi connectivity index (χ0v) is 9.69. The van der Waals surface area contributed by atoms with Crippen LogP contribution in [0.1, 0.15) is 6.42 Å². The van der Waals surface area contributed by atoms with E-state index in [2.05, 4.69) is 6.58 Å². The Hall–Kier alpha value is -0.950. The van der Waals surface area contributed by atoms with Crippen LogP contribution >= 0.6 is 0 Å². The van der Waals surface area contributed by atoms with E-state index >= 15 is 0 Å². The highest BCUT2D eigenvalue weighted by Gasteiger charge is 2.17. The Kier molecular flexibility index (Phi) is 4.03. The van der Waals surface area contributed by atoms with Gasteiger partial charge in [0.2, 0.25) is 0 Å². The summed E-state index contributed by atoms with van der Waals surface area (Å²) in [6.07, 6.45) is 6.69. The minimum absolute atomic E-state index is 0.136. The van der Waals surface area contributed by atoms with Crippen molar-refractivity contribution in [3.05, 3.63) is 41.8 Å². The van der Waals surface area contributed by atoms with E-state index in [1.54, 1.807) is 18.2 Å². The molecule has 0 aliphatic carbocycles. The van der Waals surface area contributed by atoms with Gasteiger partial charge in [0.05, 0.1) is 18.5 Å². The molecule has 1 atom stereocenters. The molecule has 1 N–H and O–H groups in total. The zero-order chi connectivity index (χ0) is 12.2. The van der Waals surface area contributed by atoms with Crippen molar-refractivity contribution in [2.24, 2.45) is 0 Å². The molecule has 0 aromatic rings. The lowest BCUT2D eigenvalue weighted by molar-refractivity contribution is -0.823. The number of hydrogen-bond donors (Lipinski definition) is 1. The second-order valence-electron chi connectivity index (χ2n) is 3.72. The van der Waals surface area contributed by atoms with E-state index in [0.717, 1.165) is 5.57 Å². The Bertz CT molecular complexity index is 424. The van der Waals surface area contributed by atoms with Crippen LogP contribution in [0, 0.1) is 5.21 Å². The Morgan fingerprint density at radius 2 is 2.31 bits per heavy atom. The maximum atomic E-state index is 12.0. The van der Waals surface area contributed by atoms with Crippen molar-refractivity contribution in [1.82, 2.24) is 0 Å². The second kappa shape index (κ2) is 4.92. The highest BCUT2D eigenvalue weighted by Crippen LogP contribution is 2.16. The molecule has 1 unspecified atom stereocenters. The Labute approximate surface area is 95.3 Å². The molecule has 0 saturated carbocycles. The third kappa shape index (κ3) is 4.28. The van der Waals surface area contributed by atoms with Crippen LogP contribution < -0.4 is 0 Å². The van der Waals surface area contributed by atoms with Crippen LogP contribution in [0.15, 0.2) is 36.6 Å². The number of allylic oxidation sites excluding steroid dienone is 3.